The number of halogens is 1. The molecule has 0 heterocycles. The lowest BCUT2D eigenvalue weighted by atomic mass is 9.54. The second kappa shape index (κ2) is 6.47. The van der Waals surface area contributed by atoms with Crippen LogP contribution in [0.15, 0.2) is 30.3 Å². The molecule has 0 unspecified atom stereocenters. The molecule has 1 aromatic rings. The molecule has 0 saturated heterocycles. The molecule has 3 aliphatic rings. The van der Waals surface area contributed by atoms with Gasteiger partial charge < -0.3 is 4.74 Å². The smallest absolute Gasteiger partial charge is 0.338 e. The van der Waals surface area contributed by atoms with Gasteiger partial charge in [0.25, 0.3) is 0 Å². The fourth-order valence-electron chi connectivity index (χ4n) is 6.03. The van der Waals surface area contributed by atoms with Gasteiger partial charge in [0.1, 0.15) is 11.9 Å². The zero-order valence-electron chi connectivity index (χ0n) is 15.5. The van der Waals surface area contributed by atoms with Crippen molar-refractivity contribution in [3.63, 3.8) is 0 Å². The van der Waals surface area contributed by atoms with Crippen LogP contribution < -0.4 is 0 Å². The number of hydrogen-bond donors (Lipinski definition) is 0. The predicted octanol–water partition coefficient (Wildman–Crippen LogP) is 5.17. The van der Waals surface area contributed by atoms with E-state index >= 15 is 0 Å². The first-order valence-corrected chi connectivity index (χ1v) is 10.6. The second-order valence-electron chi connectivity index (χ2n) is 8.80. The molecule has 3 nitrogen and oxygen atoms in total. The number of hydrogen-bond acceptors (Lipinski definition) is 3. The molecule has 1 aromatic carbocycles. The molecular weight excluding hydrogens is 392 g/mol. The Morgan fingerprint density at radius 2 is 1.81 bits per heavy atom. The Kier molecular flexibility index (Phi) is 4.53. The first kappa shape index (κ1) is 18.2. The molecule has 6 atom stereocenters. The van der Waals surface area contributed by atoms with E-state index in [1.165, 1.54) is 0 Å². The minimum atomic E-state index is -0.379. The summed E-state index contributed by atoms with van der Waals surface area (Å²) in [6.45, 7) is 4.38. The van der Waals surface area contributed by atoms with Gasteiger partial charge >= 0.3 is 5.97 Å². The molecular formula is C22H27BrO3. The molecule has 3 saturated carbocycles. The number of carbonyl (C=O) groups is 2. The maximum atomic E-state index is 12.6. The van der Waals surface area contributed by atoms with Gasteiger partial charge in [-0.15, -0.1) is 0 Å². The third-order valence-corrected chi connectivity index (χ3v) is 8.59. The lowest BCUT2D eigenvalue weighted by molar-refractivity contribution is -0.130. The van der Waals surface area contributed by atoms with Crippen LogP contribution in [0.4, 0.5) is 0 Å². The SMILES string of the molecule is C[C@]12CC[C@@H]3[C@H](CCC(=O)[C@@]3(C)Br)[C@@H]1CC[C@@H]2OC(=O)c1ccccc1. The summed E-state index contributed by atoms with van der Waals surface area (Å²) in [4.78, 5) is 25.0. The van der Waals surface area contributed by atoms with Crippen molar-refractivity contribution in [2.45, 2.75) is 62.8 Å². The number of ether oxygens (including phenoxy) is 1. The Bertz CT molecular complexity index is 713. The highest BCUT2D eigenvalue weighted by molar-refractivity contribution is 9.10. The summed E-state index contributed by atoms with van der Waals surface area (Å²) in [5, 5.41) is 0. The van der Waals surface area contributed by atoms with Crippen LogP contribution in [0.1, 0.15) is 62.7 Å². The lowest BCUT2D eigenvalue weighted by Crippen LogP contribution is -2.54. The topological polar surface area (TPSA) is 43.4 Å². The molecule has 3 fully saturated rings. The summed E-state index contributed by atoms with van der Waals surface area (Å²) in [6, 6.07) is 9.29. The van der Waals surface area contributed by atoms with Gasteiger partial charge in [0.15, 0.2) is 0 Å². The third-order valence-electron chi connectivity index (χ3n) is 7.56. The van der Waals surface area contributed by atoms with E-state index in [4.69, 9.17) is 4.74 Å². The van der Waals surface area contributed by atoms with Gasteiger partial charge in [-0.05, 0) is 68.9 Å². The van der Waals surface area contributed by atoms with Crippen LogP contribution in [0.2, 0.25) is 0 Å². The number of fused-ring (bicyclic) bond motifs is 3. The predicted molar refractivity (Wildman–Crippen MR) is 104 cm³/mol. The van der Waals surface area contributed by atoms with Gasteiger partial charge in [0, 0.05) is 11.8 Å². The molecule has 0 spiro atoms. The van der Waals surface area contributed by atoms with E-state index in [1.807, 2.05) is 30.3 Å². The van der Waals surface area contributed by atoms with Crippen molar-refractivity contribution in [3.05, 3.63) is 35.9 Å². The highest BCUT2D eigenvalue weighted by atomic mass is 79.9. The zero-order valence-corrected chi connectivity index (χ0v) is 17.1. The summed E-state index contributed by atoms with van der Waals surface area (Å²) < 4.78 is 5.63. The average molecular weight is 419 g/mol. The summed E-state index contributed by atoms with van der Waals surface area (Å²) in [5.41, 5.74) is 0.666. The molecule has 0 aliphatic heterocycles. The summed E-state index contributed by atoms with van der Waals surface area (Å²) >= 11 is 3.77. The Balaban J connectivity index is 1.53. The molecule has 0 radical (unpaired) electrons. The number of Topliss-reactive ketones (excluding diaryl/α,β-unsaturated/α-hetero) is 1. The van der Waals surface area contributed by atoms with Crippen LogP contribution >= 0.6 is 15.9 Å². The zero-order chi connectivity index (χ0) is 18.5. The van der Waals surface area contributed by atoms with Crippen LogP contribution in [0, 0.1) is 23.2 Å². The Labute approximate surface area is 164 Å². The first-order valence-electron chi connectivity index (χ1n) is 9.82. The Morgan fingerprint density at radius 1 is 1.08 bits per heavy atom. The standard InChI is InChI=1S/C22H27BrO3/c1-21-13-12-17-15(8-10-18(24)22(17,2)23)16(21)9-11-19(21)26-20(25)14-6-4-3-5-7-14/h3-7,15-17,19H,8-13H2,1-2H3/t15-,16+,17-,19+,21+,22+/m1/s1. The van der Waals surface area contributed by atoms with E-state index in [0.29, 0.717) is 35.5 Å². The number of carbonyl (C=O) groups excluding carboxylic acids is 2. The van der Waals surface area contributed by atoms with Crippen LogP contribution in [-0.2, 0) is 9.53 Å². The van der Waals surface area contributed by atoms with Crippen molar-refractivity contribution < 1.29 is 14.3 Å². The highest BCUT2D eigenvalue weighted by Crippen LogP contribution is 2.62. The molecule has 0 N–H and O–H groups in total. The average Bonchev–Trinajstić information content (AvgIpc) is 2.95. The number of alkyl halides is 1. The maximum absolute atomic E-state index is 12.6. The lowest BCUT2D eigenvalue weighted by Gasteiger charge is -2.53. The van der Waals surface area contributed by atoms with Crippen molar-refractivity contribution in [3.8, 4) is 0 Å². The monoisotopic (exact) mass is 418 g/mol. The van der Waals surface area contributed by atoms with Gasteiger partial charge in [0.05, 0.1) is 9.89 Å². The molecule has 3 aliphatic carbocycles. The Hall–Kier alpha value is -1.16. The molecule has 0 amide bonds. The van der Waals surface area contributed by atoms with E-state index in [0.717, 1.165) is 32.1 Å². The Morgan fingerprint density at radius 3 is 2.54 bits per heavy atom. The van der Waals surface area contributed by atoms with Crippen LogP contribution in [0.25, 0.3) is 0 Å². The van der Waals surface area contributed by atoms with Gasteiger partial charge in [-0.3, -0.25) is 4.79 Å². The minimum Gasteiger partial charge on any atom is -0.458 e. The summed E-state index contributed by atoms with van der Waals surface area (Å²) in [6.07, 6.45) is 5.75. The van der Waals surface area contributed by atoms with Gasteiger partial charge in [-0.25, -0.2) is 4.79 Å². The molecule has 140 valence electrons. The van der Waals surface area contributed by atoms with Crippen molar-refractivity contribution in [1.29, 1.82) is 0 Å². The molecule has 4 heteroatoms. The van der Waals surface area contributed by atoms with Gasteiger partial charge in [0.2, 0.25) is 0 Å². The largest absolute Gasteiger partial charge is 0.458 e. The normalized spacial score (nSPS) is 42.0. The number of benzene rings is 1. The fourth-order valence-corrected chi connectivity index (χ4v) is 6.80. The molecule has 0 aromatic heterocycles. The van der Waals surface area contributed by atoms with E-state index < -0.39 is 0 Å². The number of rotatable bonds is 2. The van der Waals surface area contributed by atoms with E-state index in [2.05, 4.69) is 29.8 Å². The molecule has 4 rings (SSSR count). The number of ketones is 1. The second-order valence-corrected chi connectivity index (χ2v) is 10.4. The van der Waals surface area contributed by atoms with Crippen LogP contribution in [0.5, 0.6) is 0 Å². The molecule has 26 heavy (non-hydrogen) atoms. The third kappa shape index (κ3) is 2.76. The van der Waals surface area contributed by atoms with E-state index in [-0.39, 0.29) is 21.8 Å². The van der Waals surface area contributed by atoms with Gasteiger partial charge in [-0.2, -0.15) is 0 Å². The fraction of sp³-hybridized carbons (Fsp3) is 0.636. The first-order chi connectivity index (χ1) is 12.3. The van der Waals surface area contributed by atoms with Crippen molar-refractivity contribution in [1.82, 2.24) is 0 Å². The summed E-state index contributed by atoms with van der Waals surface area (Å²) in [7, 11) is 0. The number of esters is 1. The molecule has 0 bridgehead atoms. The van der Waals surface area contributed by atoms with E-state index in [9.17, 15) is 9.59 Å². The van der Waals surface area contributed by atoms with Crippen LogP contribution in [-0.4, -0.2) is 22.2 Å². The van der Waals surface area contributed by atoms with E-state index in [1.54, 1.807) is 0 Å². The highest BCUT2D eigenvalue weighted by Gasteiger charge is 2.60. The van der Waals surface area contributed by atoms with Crippen molar-refractivity contribution in [2.75, 3.05) is 0 Å². The quantitative estimate of drug-likeness (QED) is 0.491. The summed E-state index contributed by atoms with van der Waals surface area (Å²) in [5.74, 6) is 1.65. The van der Waals surface area contributed by atoms with Crippen LogP contribution in [0.3, 0.4) is 0 Å². The van der Waals surface area contributed by atoms with Crippen molar-refractivity contribution >= 4 is 27.7 Å². The van der Waals surface area contributed by atoms with Gasteiger partial charge in [-0.1, -0.05) is 41.1 Å². The maximum Gasteiger partial charge on any atom is 0.338 e. The van der Waals surface area contributed by atoms with Crippen molar-refractivity contribution in [2.24, 2.45) is 23.2 Å². The minimum absolute atomic E-state index is 0.0136.